The van der Waals surface area contributed by atoms with Gasteiger partial charge in [0.25, 0.3) is 0 Å². The van der Waals surface area contributed by atoms with Gasteiger partial charge in [-0.1, -0.05) is 18.2 Å². The van der Waals surface area contributed by atoms with Gasteiger partial charge in [-0.15, -0.1) is 0 Å². The van der Waals surface area contributed by atoms with E-state index in [9.17, 15) is 9.59 Å². The number of carbonyl (C=O) groups excluding carboxylic acids is 2. The van der Waals surface area contributed by atoms with Crippen LogP contribution >= 0.6 is 0 Å². The Balaban J connectivity index is 1.34. The lowest BCUT2D eigenvalue weighted by Gasteiger charge is -2.10. The third kappa shape index (κ3) is 5.86. The minimum Gasteiger partial charge on any atom is -0.496 e. The largest absolute Gasteiger partial charge is 0.496 e. The molecule has 0 aliphatic heterocycles. The van der Waals surface area contributed by atoms with E-state index >= 15 is 0 Å². The lowest BCUT2D eigenvalue weighted by molar-refractivity contribution is -0.121. The molecule has 4 rings (SSSR count). The number of benzene rings is 2. The first-order valence-electron chi connectivity index (χ1n) is 10.8. The van der Waals surface area contributed by atoms with Crippen molar-refractivity contribution in [3.05, 3.63) is 102 Å². The number of para-hydroxylation sites is 1. The summed E-state index contributed by atoms with van der Waals surface area (Å²) in [5, 5.41) is 1.03. The molecule has 0 bridgehead atoms. The summed E-state index contributed by atoms with van der Waals surface area (Å²) in [6, 6.07) is 17.0. The zero-order chi connectivity index (χ0) is 23.8. The summed E-state index contributed by atoms with van der Waals surface area (Å²) in [6.45, 7) is 0.410. The highest BCUT2D eigenvalue weighted by Crippen LogP contribution is 2.26. The molecular formula is C28H24N2O4. The summed E-state index contributed by atoms with van der Waals surface area (Å²) < 4.78 is 11.2. The second-order valence-electron chi connectivity index (χ2n) is 7.61. The molecule has 2 aromatic carbocycles. The minimum atomic E-state index is -0.284. The molecule has 1 N–H and O–H groups in total. The van der Waals surface area contributed by atoms with E-state index in [4.69, 9.17) is 9.47 Å². The average Bonchev–Trinajstić information content (AvgIpc) is 3.29. The van der Waals surface area contributed by atoms with E-state index in [1.807, 2.05) is 54.7 Å². The van der Waals surface area contributed by atoms with Crippen LogP contribution in [0.25, 0.3) is 23.1 Å². The fraction of sp³-hybridized carbons (Fsp3) is 0.107. The molecule has 4 aromatic rings. The number of nitrogens with one attached hydrogen (secondary N) is 1. The first-order valence-corrected chi connectivity index (χ1v) is 10.8. The van der Waals surface area contributed by atoms with E-state index in [1.54, 1.807) is 37.7 Å². The Hall–Kier alpha value is -4.45. The van der Waals surface area contributed by atoms with Gasteiger partial charge < -0.3 is 14.5 Å². The SMILES string of the molecule is COc1cc(OCc2ccncc2)ccc1C=CC(=O)CC(=O)C=Cc1c[nH]c2ccccc12. The number of pyridine rings is 1. The van der Waals surface area contributed by atoms with Gasteiger partial charge in [0.2, 0.25) is 0 Å². The molecule has 0 amide bonds. The molecule has 170 valence electrons. The summed E-state index contributed by atoms with van der Waals surface area (Å²) in [4.78, 5) is 31.7. The van der Waals surface area contributed by atoms with Crippen LogP contribution in [-0.2, 0) is 16.2 Å². The van der Waals surface area contributed by atoms with Gasteiger partial charge in [0.05, 0.1) is 13.5 Å². The van der Waals surface area contributed by atoms with Crippen LogP contribution in [0, 0.1) is 0 Å². The van der Waals surface area contributed by atoms with E-state index in [2.05, 4.69) is 9.97 Å². The lowest BCUT2D eigenvalue weighted by atomic mass is 10.1. The van der Waals surface area contributed by atoms with Crippen LogP contribution in [0.1, 0.15) is 23.1 Å². The molecule has 34 heavy (non-hydrogen) atoms. The van der Waals surface area contributed by atoms with Crippen molar-refractivity contribution in [2.75, 3.05) is 7.11 Å². The molecule has 0 saturated heterocycles. The molecule has 0 spiro atoms. The zero-order valence-electron chi connectivity index (χ0n) is 18.7. The second kappa shape index (κ2) is 10.9. The first-order chi connectivity index (χ1) is 16.6. The Morgan fingerprint density at radius 3 is 2.44 bits per heavy atom. The van der Waals surface area contributed by atoms with Crippen molar-refractivity contribution in [3.8, 4) is 11.5 Å². The normalized spacial score (nSPS) is 11.3. The summed E-state index contributed by atoms with van der Waals surface area (Å²) in [6.07, 6.45) is 11.3. The van der Waals surface area contributed by atoms with E-state index in [1.165, 1.54) is 12.2 Å². The third-order valence-corrected chi connectivity index (χ3v) is 5.23. The molecule has 0 fully saturated rings. The number of methoxy groups -OCH3 is 1. The standard InChI is InChI=1S/C28H24N2O4/c1-33-28-17-25(34-19-20-12-14-29-15-13-20)11-8-21(28)6-9-23(31)16-24(32)10-7-22-18-30-27-5-3-2-4-26(22)27/h2-15,17-18,30H,16,19H2,1H3. The number of carbonyl (C=O) groups is 2. The Morgan fingerprint density at radius 2 is 1.68 bits per heavy atom. The Morgan fingerprint density at radius 1 is 0.941 bits per heavy atom. The number of hydrogen-bond donors (Lipinski definition) is 1. The topological polar surface area (TPSA) is 81.3 Å². The number of hydrogen-bond acceptors (Lipinski definition) is 5. The number of fused-ring (bicyclic) bond motifs is 1. The predicted molar refractivity (Wildman–Crippen MR) is 133 cm³/mol. The Labute approximate surface area is 197 Å². The second-order valence-corrected chi connectivity index (χ2v) is 7.61. The highest BCUT2D eigenvalue weighted by atomic mass is 16.5. The number of ketones is 2. The monoisotopic (exact) mass is 452 g/mol. The fourth-order valence-corrected chi connectivity index (χ4v) is 3.45. The maximum atomic E-state index is 12.3. The van der Waals surface area contributed by atoms with E-state index < -0.39 is 0 Å². The molecular weight excluding hydrogens is 428 g/mol. The zero-order valence-corrected chi connectivity index (χ0v) is 18.7. The van der Waals surface area contributed by atoms with E-state index in [0.717, 1.165) is 22.0 Å². The highest BCUT2D eigenvalue weighted by Gasteiger charge is 2.07. The quantitative estimate of drug-likeness (QED) is 0.257. The van der Waals surface area contributed by atoms with Gasteiger partial charge >= 0.3 is 0 Å². The van der Waals surface area contributed by atoms with Crippen molar-refractivity contribution in [1.82, 2.24) is 9.97 Å². The van der Waals surface area contributed by atoms with Crippen molar-refractivity contribution >= 4 is 34.6 Å². The summed E-state index contributed by atoms with van der Waals surface area (Å²) in [5.41, 5.74) is 3.63. The minimum absolute atomic E-state index is 0.204. The van der Waals surface area contributed by atoms with E-state index in [-0.39, 0.29) is 18.0 Å². The van der Waals surface area contributed by atoms with Crippen LogP contribution in [0.15, 0.2) is 85.3 Å². The Bertz CT molecular complexity index is 1350. The number of aromatic nitrogens is 2. The van der Waals surface area contributed by atoms with Crippen molar-refractivity contribution in [2.45, 2.75) is 13.0 Å². The number of allylic oxidation sites excluding steroid dienone is 2. The number of rotatable bonds is 10. The average molecular weight is 453 g/mol. The number of ether oxygens (including phenoxy) is 2. The van der Waals surface area contributed by atoms with Gasteiger partial charge in [-0.05, 0) is 65.8 Å². The van der Waals surface area contributed by atoms with Crippen molar-refractivity contribution in [2.24, 2.45) is 0 Å². The van der Waals surface area contributed by atoms with Gasteiger partial charge in [0.15, 0.2) is 11.6 Å². The smallest absolute Gasteiger partial charge is 0.163 e. The maximum absolute atomic E-state index is 12.3. The fourth-order valence-electron chi connectivity index (χ4n) is 3.45. The van der Waals surface area contributed by atoms with Crippen molar-refractivity contribution < 1.29 is 19.1 Å². The van der Waals surface area contributed by atoms with Crippen molar-refractivity contribution in [1.29, 1.82) is 0 Å². The third-order valence-electron chi connectivity index (χ3n) is 5.23. The number of nitrogens with zero attached hydrogens (tertiary/aromatic N) is 1. The molecule has 2 aromatic heterocycles. The van der Waals surface area contributed by atoms with Gasteiger partial charge in [0, 0.05) is 41.1 Å². The lowest BCUT2D eigenvalue weighted by Crippen LogP contribution is -2.02. The number of H-pyrrole nitrogens is 1. The summed E-state index contributed by atoms with van der Waals surface area (Å²) >= 11 is 0. The predicted octanol–water partition coefficient (Wildman–Crippen LogP) is 5.41. The molecule has 0 radical (unpaired) electrons. The molecule has 0 atom stereocenters. The molecule has 0 aliphatic carbocycles. The number of aromatic amines is 1. The van der Waals surface area contributed by atoms with Gasteiger partial charge in [0.1, 0.15) is 18.1 Å². The first kappa shape index (κ1) is 22.7. The summed E-state index contributed by atoms with van der Waals surface area (Å²) in [7, 11) is 1.56. The summed E-state index contributed by atoms with van der Waals surface area (Å²) in [5.74, 6) is 0.678. The van der Waals surface area contributed by atoms with Crippen LogP contribution in [-0.4, -0.2) is 28.6 Å². The van der Waals surface area contributed by atoms with Crippen molar-refractivity contribution in [3.63, 3.8) is 0 Å². The van der Waals surface area contributed by atoms with Gasteiger partial charge in [-0.25, -0.2) is 0 Å². The van der Waals surface area contributed by atoms with Crippen LogP contribution in [0.5, 0.6) is 11.5 Å². The molecule has 2 heterocycles. The van der Waals surface area contributed by atoms with Crippen LogP contribution in [0.2, 0.25) is 0 Å². The van der Waals surface area contributed by atoms with Crippen LogP contribution in [0.4, 0.5) is 0 Å². The van der Waals surface area contributed by atoms with Crippen LogP contribution in [0.3, 0.4) is 0 Å². The van der Waals surface area contributed by atoms with E-state index in [0.29, 0.717) is 23.7 Å². The highest BCUT2D eigenvalue weighted by molar-refractivity contribution is 6.11. The maximum Gasteiger partial charge on any atom is 0.163 e. The van der Waals surface area contributed by atoms with Gasteiger partial charge in [-0.2, -0.15) is 0 Å². The molecule has 6 nitrogen and oxygen atoms in total. The molecule has 6 heteroatoms. The Kier molecular flexibility index (Phi) is 7.30. The van der Waals surface area contributed by atoms with Gasteiger partial charge in [-0.3, -0.25) is 14.6 Å². The molecule has 0 unspecified atom stereocenters. The molecule has 0 saturated carbocycles. The molecule has 0 aliphatic rings. The van der Waals surface area contributed by atoms with Crippen LogP contribution < -0.4 is 9.47 Å².